The maximum Gasteiger partial charge on any atom is 0.419 e. The summed E-state index contributed by atoms with van der Waals surface area (Å²) in [5.41, 5.74) is 4.10. The first kappa shape index (κ1) is 13.5. The number of ether oxygens (including phenoxy) is 1. The Balaban J connectivity index is 1.77. The number of hydrogen-bond acceptors (Lipinski definition) is 3. The first-order chi connectivity index (χ1) is 10.1. The van der Waals surface area contributed by atoms with Crippen molar-refractivity contribution in [2.45, 2.75) is 13.3 Å². The molecule has 0 spiro atoms. The van der Waals surface area contributed by atoms with Crippen molar-refractivity contribution in [1.29, 1.82) is 0 Å². The van der Waals surface area contributed by atoms with Gasteiger partial charge in [-0.3, -0.25) is 4.90 Å². The van der Waals surface area contributed by atoms with E-state index in [0.717, 1.165) is 35.5 Å². The van der Waals surface area contributed by atoms with Crippen LogP contribution in [-0.2, 0) is 6.42 Å². The third kappa shape index (κ3) is 2.70. The molecular weight excluding hydrogens is 264 g/mol. The van der Waals surface area contributed by atoms with E-state index in [4.69, 9.17) is 4.74 Å². The second-order valence-electron chi connectivity index (χ2n) is 5.22. The summed E-state index contributed by atoms with van der Waals surface area (Å²) in [6.07, 6.45) is 0.506. The van der Waals surface area contributed by atoms with Gasteiger partial charge < -0.3 is 10.1 Å². The van der Waals surface area contributed by atoms with Crippen LogP contribution < -0.4 is 15.0 Å². The fourth-order valence-corrected chi connectivity index (χ4v) is 2.44. The number of benzene rings is 2. The number of hydrogen-bond donors (Lipinski definition) is 1. The predicted molar refractivity (Wildman–Crippen MR) is 84.2 cm³/mol. The number of amides is 1. The Labute approximate surface area is 124 Å². The van der Waals surface area contributed by atoms with E-state index in [9.17, 15) is 4.79 Å². The van der Waals surface area contributed by atoms with Crippen LogP contribution in [0.2, 0.25) is 0 Å². The molecule has 3 rings (SSSR count). The summed E-state index contributed by atoms with van der Waals surface area (Å²) in [7, 11) is 1.72. The normalized spacial score (nSPS) is 12.5. The van der Waals surface area contributed by atoms with Crippen LogP contribution in [-0.4, -0.2) is 19.7 Å². The van der Waals surface area contributed by atoms with Crippen LogP contribution in [0.25, 0.3) is 0 Å². The molecule has 0 saturated heterocycles. The fourth-order valence-electron chi connectivity index (χ4n) is 2.44. The molecule has 0 atom stereocenters. The lowest BCUT2D eigenvalue weighted by atomic mass is 10.1. The Hall–Kier alpha value is -2.49. The molecule has 2 aromatic rings. The van der Waals surface area contributed by atoms with Crippen molar-refractivity contribution in [3.63, 3.8) is 0 Å². The Bertz CT molecular complexity index is 665. The van der Waals surface area contributed by atoms with Crippen LogP contribution in [0.15, 0.2) is 42.5 Å². The summed E-state index contributed by atoms with van der Waals surface area (Å²) in [5, 5.41) is 3.28. The molecule has 4 nitrogen and oxygen atoms in total. The number of aryl methyl sites for hydroxylation is 1. The quantitative estimate of drug-likeness (QED) is 0.915. The molecule has 1 heterocycles. The molecule has 1 aliphatic heterocycles. The van der Waals surface area contributed by atoms with Gasteiger partial charge in [-0.25, -0.2) is 4.79 Å². The molecule has 0 bridgehead atoms. The minimum atomic E-state index is -0.376. The third-order valence-corrected chi connectivity index (χ3v) is 3.72. The van der Waals surface area contributed by atoms with E-state index in [2.05, 4.69) is 5.32 Å². The van der Waals surface area contributed by atoms with Gasteiger partial charge in [-0.2, -0.15) is 0 Å². The van der Waals surface area contributed by atoms with Crippen molar-refractivity contribution < 1.29 is 9.53 Å². The number of anilines is 2. The SMILES string of the molecule is Cc1ccc(N(C)C(=O)Oc2cccc3c2CCN3)cc1. The van der Waals surface area contributed by atoms with Crippen molar-refractivity contribution in [3.8, 4) is 5.75 Å². The zero-order valence-electron chi connectivity index (χ0n) is 12.2. The Morgan fingerprint density at radius 2 is 1.95 bits per heavy atom. The van der Waals surface area contributed by atoms with Gasteiger partial charge in [0.2, 0.25) is 0 Å². The molecule has 0 fully saturated rings. The molecule has 0 unspecified atom stereocenters. The number of carbonyl (C=O) groups excluding carboxylic acids is 1. The van der Waals surface area contributed by atoms with Crippen LogP contribution >= 0.6 is 0 Å². The number of carbonyl (C=O) groups is 1. The second kappa shape index (κ2) is 5.48. The van der Waals surface area contributed by atoms with Gasteiger partial charge in [-0.15, -0.1) is 0 Å². The summed E-state index contributed by atoms with van der Waals surface area (Å²) >= 11 is 0. The number of nitrogens with one attached hydrogen (secondary N) is 1. The lowest BCUT2D eigenvalue weighted by Crippen LogP contribution is -2.29. The molecule has 0 radical (unpaired) electrons. The van der Waals surface area contributed by atoms with E-state index in [1.807, 2.05) is 49.4 Å². The van der Waals surface area contributed by atoms with Gasteiger partial charge >= 0.3 is 6.09 Å². The summed E-state index contributed by atoms with van der Waals surface area (Å²) in [6, 6.07) is 13.5. The third-order valence-electron chi connectivity index (χ3n) is 3.72. The molecule has 0 aromatic heterocycles. The standard InChI is InChI=1S/C17H18N2O2/c1-12-6-8-13(9-7-12)19(2)17(20)21-16-5-3-4-15-14(16)10-11-18-15/h3-9,18H,10-11H2,1-2H3. The molecule has 0 aliphatic carbocycles. The smallest absolute Gasteiger partial charge is 0.410 e. The molecule has 4 heteroatoms. The average molecular weight is 282 g/mol. The average Bonchev–Trinajstić information content (AvgIpc) is 2.97. The molecule has 108 valence electrons. The minimum Gasteiger partial charge on any atom is -0.410 e. The highest BCUT2D eigenvalue weighted by molar-refractivity contribution is 5.89. The van der Waals surface area contributed by atoms with Crippen LogP contribution in [0.4, 0.5) is 16.2 Å². The van der Waals surface area contributed by atoms with E-state index in [1.54, 1.807) is 7.05 Å². The molecule has 1 aliphatic rings. The predicted octanol–water partition coefficient (Wildman–Crippen LogP) is 3.60. The Kier molecular flexibility index (Phi) is 3.52. The second-order valence-corrected chi connectivity index (χ2v) is 5.22. The molecule has 2 aromatic carbocycles. The topological polar surface area (TPSA) is 41.6 Å². The van der Waals surface area contributed by atoms with Crippen LogP contribution in [0.1, 0.15) is 11.1 Å². The number of fused-ring (bicyclic) bond motifs is 1. The van der Waals surface area contributed by atoms with Crippen LogP contribution in [0.3, 0.4) is 0 Å². The molecular formula is C17H18N2O2. The molecule has 1 N–H and O–H groups in total. The lowest BCUT2D eigenvalue weighted by Gasteiger charge is -2.18. The summed E-state index contributed by atoms with van der Waals surface area (Å²) in [6.45, 7) is 2.90. The van der Waals surface area contributed by atoms with Gasteiger partial charge in [0.1, 0.15) is 5.75 Å². The van der Waals surface area contributed by atoms with E-state index in [1.165, 1.54) is 4.90 Å². The number of rotatable bonds is 2. The van der Waals surface area contributed by atoms with E-state index < -0.39 is 0 Å². The zero-order valence-corrected chi connectivity index (χ0v) is 12.2. The minimum absolute atomic E-state index is 0.376. The van der Waals surface area contributed by atoms with Crippen molar-refractivity contribution in [3.05, 3.63) is 53.6 Å². The van der Waals surface area contributed by atoms with Crippen molar-refractivity contribution in [1.82, 2.24) is 0 Å². The van der Waals surface area contributed by atoms with Crippen molar-refractivity contribution >= 4 is 17.5 Å². The first-order valence-electron chi connectivity index (χ1n) is 7.03. The summed E-state index contributed by atoms with van der Waals surface area (Å²) in [4.78, 5) is 13.8. The van der Waals surface area contributed by atoms with Gasteiger partial charge in [0, 0.05) is 30.5 Å². The first-order valence-corrected chi connectivity index (χ1v) is 7.03. The van der Waals surface area contributed by atoms with Gasteiger partial charge in [-0.05, 0) is 37.6 Å². The Morgan fingerprint density at radius 3 is 2.71 bits per heavy atom. The highest BCUT2D eigenvalue weighted by Crippen LogP contribution is 2.31. The highest BCUT2D eigenvalue weighted by atomic mass is 16.6. The summed E-state index contributed by atoms with van der Waals surface area (Å²) < 4.78 is 5.55. The number of nitrogens with zero attached hydrogens (tertiary/aromatic N) is 1. The van der Waals surface area contributed by atoms with Gasteiger partial charge in [0.05, 0.1) is 0 Å². The van der Waals surface area contributed by atoms with E-state index >= 15 is 0 Å². The summed E-state index contributed by atoms with van der Waals surface area (Å²) in [5.74, 6) is 0.640. The van der Waals surface area contributed by atoms with Crippen LogP contribution in [0.5, 0.6) is 5.75 Å². The fraction of sp³-hybridized carbons (Fsp3) is 0.235. The van der Waals surface area contributed by atoms with Gasteiger partial charge in [-0.1, -0.05) is 23.8 Å². The molecule has 0 saturated carbocycles. The maximum atomic E-state index is 12.3. The van der Waals surface area contributed by atoms with E-state index in [0.29, 0.717) is 5.75 Å². The molecule has 21 heavy (non-hydrogen) atoms. The highest BCUT2D eigenvalue weighted by Gasteiger charge is 2.19. The van der Waals surface area contributed by atoms with Gasteiger partial charge in [0.25, 0.3) is 0 Å². The van der Waals surface area contributed by atoms with Crippen LogP contribution in [0, 0.1) is 6.92 Å². The van der Waals surface area contributed by atoms with Crippen molar-refractivity contribution in [2.75, 3.05) is 23.8 Å². The zero-order chi connectivity index (χ0) is 14.8. The molecule has 1 amide bonds. The lowest BCUT2D eigenvalue weighted by molar-refractivity contribution is 0.208. The largest absolute Gasteiger partial charge is 0.419 e. The van der Waals surface area contributed by atoms with E-state index in [-0.39, 0.29) is 6.09 Å². The van der Waals surface area contributed by atoms with Gasteiger partial charge in [0.15, 0.2) is 0 Å². The maximum absolute atomic E-state index is 12.3. The Morgan fingerprint density at radius 1 is 1.19 bits per heavy atom. The monoisotopic (exact) mass is 282 g/mol. The van der Waals surface area contributed by atoms with Crippen molar-refractivity contribution in [2.24, 2.45) is 0 Å².